The molecule has 0 spiro atoms. The van der Waals surface area contributed by atoms with Crippen molar-refractivity contribution in [2.45, 2.75) is 0 Å². The highest BCUT2D eigenvalue weighted by Crippen LogP contribution is 2.24. The Labute approximate surface area is 157 Å². The van der Waals surface area contributed by atoms with Gasteiger partial charge in [0, 0.05) is 22.4 Å². The molecular weight excluding hydrogens is 436 g/mol. The molecule has 3 rings (SSSR count). The van der Waals surface area contributed by atoms with Gasteiger partial charge in [0.25, 0.3) is 0 Å². The minimum absolute atomic E-state index is 0.0499. The number of pyridine rings is 1. The summed E-state index contributed by atoms with van der Waals surface area (Å²) in [7, 11) is 0. The quantitative estimate of drug-likeness (QED) is 0.499. The summed E-state index contributed by atoms with van der Waals surface area (Å²) in [5.74, 6) is 0.386. The van der Waals surface area contributed by atoms with Crippen molar-refractivity contribution < 1.29 is 9.50 Å². The predicted octanol–water partition coefficient (Wildman–Crippen LogP) is 3.43. The van der Waals surface area contributed by atoms with Crippen LogP contribution in [0.1, 0.15) is 0 Å². The lowest BCUT2D eigenvalue weighted by Crippen LogP contribution is -2.10. The second kappa shape index (κ2) is 8.17. The topological polar surface area (TPSA) is 83.0 Å². The van der Waals surface area contributed by atoms with Gasteiger partial charge in [0.15, 0.2) is 0 Å². The molecule has 3 N–H and O–H groups in total. The number of anilines is 3. The maximum absolute atomic E-state index is 14.1. The number of nitrogens with one attached hydrogen (secondary N) is 2. The van der Waals surface area contributed by atoms with E-state index in [9.17, 15) is 4.39 Å². The van der Waals surface area contributed by atoms with Gasteiger partial charge in [-0.05, 0) is 52.9 Å². The Morgan fingerprint density at radius 1 is 1.08 bits per heavy atom. The van der Waals surface area contributed by atoms with Gasteiger partial charge in [-0.2, -0.15) is 4.98 Å². The Bertz CT molecular complexity index is 863. The fourth-order valence-corrected chi connectivity index (χ4v) is 2.59. The van der Waals surface area contributed by atoms with Crippen molar-refractivity contribution in [1.82, 2.24) is 15.0 Å². The molecule has 0 atom stereocenters. The van der Waals surface area contributed by atoms with Crippen LogP contribution in [0.15, 0.2) is 48.7 Å². The highest BCUT2D eigenvalue weighted by atomic mass is 127. The first-order valence-corrected chi connectivity index (χ1v) is 8.61. The molecule has 0 aliphatic carbocycles. The molecular formula is C17H15FIN5O. The van der Waals surface area contributed by atoms with Gasteiger partial charge < -0.3 is 15.7 Å². The minimum atomic E-state index is -0.366. The third kappa shape index (κ3) is 4.60. The van der Waals surface area contributed by atoms with Gasteiger partial charge in [-0.15, -0.1) is 0 Å². The van der Waals surface area contributed by atoms with Crippen LogP contribution in [-0.4, -0.2) is 33.2 Å². The average molecular weight is 451 g/mol. The summed E-state index contributed by atoms with van der Waals surface area (Å²) in [6, 6.07) is 12.1. The van der Waals surface area contributed by atoms with Gasteiger partial charge >= 0.3 is 0 Å². The minimum Gasteiger partial charge on any atom is -0.395 e. The molecule has 6 nitrogen and oxygen atoms in total. The fraction of sp³-hybridized carbons (Fsp3) is 0.118. The van der Waals surface area contributed by atoms with E-state index in [-0.39, 0.29) is 12.4 Å². The van der Waals surface area contributed by atoms with Crippen LogP contribution in [0.4, 0.5) is 21.8 Å². The van der Waals surface area contributed by atoms with Crippen LogP contribution in [0.25, 0.3) is 11.4 Å². The van der Waals surface area contributed by atoms with E-state index in [0.29, 0.717) is 35.4 Å². The molecule has 0 aliphatic heterocycles. The number of rotatable bonds is 6. The second-order valence-electron chi connectivity index (χ2n) is 5.08. The summed E-state index contributed by atoms with van der Waals surface area (Å²) in [6.07, 6.45) is 1.67. The average Bonchev–Trinajstić information content (AvgIpc) is 2.63. The third-order valence-corrected chi connectivity index (χ3v) is 3.91. The smallest absolute Gasteiger partial charge is 0.225 e. The lowest BCUT2D eigenvalue weighted by molar-refractivity contribution is 0.311. The molecule has 3 aromatic rings. The van der Waals surface area contributed by atoms with E-state index in [1.165, 1.54) is 6.07 Å². The summed E-state index contributed by atoms with van der Waals surface area (Å²) < 4.78 is 14.9. The fourth-order valence-electron chi connectivity index (χ4n) is 2.13. The van der Waals surface area contributed by atoms with Crippen LogP contribution in [0.5, 0.6) is 0 Å². The summed E-state index contributed by atoms with van der Waals surface area (Å²) in [6.45, 7) is 0.259. The Morgan fingerprint density at radius 2 is 1.96 bits per heavy atom. The molecule has 0 saturated carbocycles. The highest BCUT2D eigenvalue weighted by molar-refractivity contribution is 14.1. The highest BCUT2D eigenvalue weighted by Gasteiger charge is 2.10. The van der Waals surface area contributed by atoms with E-state index in [1.807, 2.05) is 18.2 Å². The van der Waals surface area contributed by atoms with Crippen molar-refractivity contribution >= 4 is 40.0 Å². The van der Waals surface area contributed by atoms with Gasteiger partial charge in [-0.25, -0.2) is 9.37 Å². The van der Waals surface area contributed by atoms with Crippen LogP contribution in [0, 0.1) is 9.39 Å². The molecule has 1 aromatic carbocycles. The molecule has 2 heterocycles. The monoisotopic (exact) mass is 451 g/mol. The second-order valence-corrected chi connectivity index (χ2v) is 6.32. The van der Waals surface area contributed by atoms with Crippen LogP contribution < -0.4 is 10.6 Å². The molecule has 25 heavy (non-hydrogen) atoms. The summed E-state index contributed by atoms with van der Waals surface area (Å²) in [4.78, 5) is 13.0. The Balaban J connectivity index is 1.96. The summed E-state index contributed by atoms with van der Waals surface area (Å²) in [5.41, 5.74) is 1.58. The molecule has 0 saturated heterocycles. The van der Waals surface area contributed by atoms with E-state index in [4.69, 9.17) is 5.11 Å². The number of nitrogens with zero attached hydrogens (tertiary/aromatic N) is 3. The first-order chi connectivity index (χ1) is 12.2. The molecule has 0 fully saturated rings. The van der Waals surface area contributed by atoms with Crippen molar-refractivity contribution in [3.8, 4) is 11.4 Å². The standard InChI is InChI=1S/C17H15FIN5O/c18-12-9-11(19)4-5-13(12)22-16-10-15(14-3-1-2-6-20-14)23-17(24-16)21-7-8-25/h1-6,9-10,25H,7-8H2,(H2,21,22,23,24). The maximum Gasteiger partial charge on any atom is 0.225 e. The van der Waals surface area contributed by atoms with E-state index in [1.54, 1.807) is 24.4 Å². The van der Waals surface area contributed by atoms with Crippen molar-refractivity contribution in [1.29, 1.82) is 0 Å². The van der Waals surface area contributed by atoms with E-state index < -0.39 is 0 Å². The summed E-state index contributed by atoms with van der Waals surface area (Å²) >= 11 is 2.05. The normalized spacial score (nSPS) is 10.5. The lowest BCUT2D eigenvalue weighted by atomic mass is 10.2. The van der Waals surface area contributed by atoms with Gasteiger partial charge in [0.05, 0.1) is 23.7 Å². The van der Waals surface area contributed by atoms with Gasteiger partial charge in [0.2, 0.25) is 5.95 Å². The zero-order valence-corrected chi connectivity index (χ0v) is 15.2. The zero-order chi connectivity index (χ0) is 17.6. The Kier molecular flexibility index (Phi) is 5.71. The van der Waals surface area contributed by atoms with Crippen molar-refractivity contribution in [3.63, 3.8) is 0 Å². The SMILES string of the molecule is OCCNc1nc(Nc2ccc(I)cc2F)cc(-c2ccccn2)n1. The summed E-state index contributed by atoms with van der Waals surface area (Å²) in [5, 5.41) is 14.9. The number of hydrogen-bond acceptors (Lipinski definition) is 6. The molecule has 0 unspecified atom stereocenters. The molecule has 0 amide bonds. The van der Waals surface area contributed by atoms with Gasteiger partial charge in [0.1, 0.15) is 11.6 Å². The number of aliphatic hydroxyl groups excluding tert-OH is 1. The van der Waals surface area contributed by atoms with Gasteiger partial charge in [-0.1, -0.05) is 6.07 Å². The number of benzene rings is 1. The number of aromatic nitrogens is 3. The Morgan fingerprint density at radius 3 is 2.68 bits per heavy atom. The van der Waals surface area contributed by atoms with E-state index >= 15 is 0 Å². The van der Waals surface area contributed by atoms with Crippen molar-refractivity contribution in [2.75, 3.05) is 23.8 Å². The van der Waals surface area contributed by atoms with Crippen molar-refractivity contribution in [2.24, 2.45) is 0 Å². The molecule has 0 bridgehead atoms. The number of hydrogen-bond donors (Lipinski definition) is 3. The number of halogens is 2. The molecule has 0 aliphatic rings. The molecule has 2 aromatic heterocycles. The van der Waals surface area contributed by atoms with E-state index in [0.717, 1.165) is 3.57 Å². The molecule has 128 valence electrons. The van der Waals surface area contributed by atoms with Crippen LogP contribution in [0.2, 0.25) is 0 Å². The number of aliphatic hydroxyl groups is 1. The third-order valence-electron chi connectivity index (χ3n) is 3.24. The first-order valence-electron chi connectivity index (χ1n) is 7.53. The van der Waals surface area contributed by atoms with E-state index in [2.05, 4.69) is 48.2 Å². The van der Waals surface area contributed by atoms with Crippen LogP contribution >= 0.6 is 22.6 Å². The van der Waals surface area contributed by atoms with Crippen LogP contribution in [-0.2, 0) is 0 Å². The molecule has 0 radical (unpaired) electrons. The van der Waals surface area contributed by atoms with Crippen LogP contribution in [0.3, 0.4) is 0 Å². The van der Waals surface area contributed by atoms with Crippen molar-refractivity contribution in [3.05, 3.63) is 58.0 Å². The zero-order valence-electron chi connectivity index (χ0n) is 13.1. The first kappa shape index (κ1) is 17.5. The molecule has 8 heteroatoms. The predicted molar refractivity (Wildman–Crippen MR) is 103 cm³/mol. The maximum atomic E-state index is 14.1. The van der Waals surface area contributed by atoms with Gasteiger partial charge in [-0.3, -0.25) is 4.98 Å². The largest absolute Gasteiger partial charge is 0.395 e. The Hall–Kier alpha value is -2.33. The lowest BCUT2D eigenvalue weighted by Gasteiger charge is -2.11.